The van der Waals surface area contributed by atoms with Gasteiger partial charge < -0.3 is 4.42 Å². The van der Waals surface area contributed by atoms with Gasteiger partial charge in [-0.2, -0.15) is 0 Å². The highest BCUT2D eigenvalue weighted by atomic mass is 16.3. The van der Waals surface area contributed by atoms with Crippen molar-refractivity contribution in [3.8, 4) is 44.5 Å². The predicted octanol–water partition coefficient (Wildman–Crippen LogP) is 13.7. The summed E-state index contributed by atoms with van der Waals surface area (Å²) in [4.78, 5) is 0. The highest BCUT2D eigenvalue weighted by molar-refractivity contribution is 6.23. The van der Waals surface area contributed by atoms with Gasteiger partial charge >= 0.3 is 0 Å². The van der Waals surface area contributed by atoms with Gasteiger partial charge in [-0.05, 0) is 95.7 Å². The molecule has 0 N–H and O–H groups in total. The standard InChI is InChI=1S/C48H30O/c1-3-14-31(15-4-1)33-18-13-19-34(28-33)46-37-21-8-10-23-39(37)47(40-24-11-9-22-38(40)46)35-26-27-45-43(29-35)44-30-42(32-16-5-2-6-17-32)36-20-7-12-25-41(36)48(44)49-45/h1-30H/i1D,2D,3D,4D,5D,6D,13D,14D,15D,16D,17D,18D,19D,28D. The lowest BCUT2D eigenvalue weighted by Crippen LogP contribution is -1.91. The molecule has 10 aromatic rings. The Bertz CT molecular complexity index is 3570. The fourth-order valence-electron chi connectivity index (χ4n) is 7.02. The molecule has 0 aliphatic rings. The van der Waals surface area contributed by atoms with Crippen LogP contribution in [0, 0.1) is 0 Å². The summed E-state index contributed by atoms with van der Waals surface area (Å²) in [5, 5.41) is 5.35. The van der Waals surface area contributed by atoms with Gasteiger partial charge in [-0.25, -0.2) is 0 Å². The summed E-state index contributed by atoms with van der Waals surface area (Å²) >= 11 is 0. The normalized spacial score (nSPS) is 15.7. The van der Waals surface area contributed by atoms with Crippen LogP contribution in [0.4, 0.5) is 0 Å². The molecule has 1 heterocycles. The quantitative estimate of drug-likeness (QED) is 0.175. The molecule has 0 aliphatic carbocycles. The first-order chi connectivity index (χ1) is 30.1. The molecular formula is C48H30O. The SMILES string of the molecule is [2H]c1c([2H])c([2H])c(-c2c([2H])c([2H])c([2H])c(-c3c4ccccc4c(-c4ccc5oc6c7ccccc7c(-c7c([2H])c([2H])c([2H])c([2H])c7[2H])cc6c5c4)c4ccccc34)c2[2H])c([2H])c1[2H]. The van der Waals surface area contributed by atoms with Crippen molar-refractivity contribution < 1.29 is 23.6 Å². The number of rotatable bonds is 4. The number of furan rings is 1. The van der Waals surface area contributed by atoms with Crippen LogP contribution in [-0.2, 0) is 0 Å². The first kappa shape index (κ1) is 17.1. The molecule has 0 atom stereocenters. The van der Waals surface area contributed by atoms with Crippen LogP contribution in [0.3, 0.4) is 0 Å². The van der Waals surface area contributed by atoms with Gasteiger partial charge in [0.05, 0.1) is 19.2 Å². The Morgan fingerprint density at radius 2 is 0.898 bits per heavy atom. The largest absolute Gasteiger partial charge is 0.455 e. The van der Waals surface area contributed by atoms with Crippen LogP contribution in [0.5, 0.6) is 0 Å². The van der Waals surface area contributed by atoms with E-state index in [2.05, 4.69) is 0 Å². The average Bonchev–Trinajstić information content (AvgIpc) is 3.67. The lowest BCUT2D eigenvalue weighted by atomic mass is 9.85. The van der Waals surface area contributed by atoms with E-state index in [-0.39, 0.29) is 34.3 Å². The van der Waals surface area contributed by atoms with Gasteiger partial charge in [0, 0.05) is 16.2 Å². The van der Waals surface area contributed by atoms with Crippen molar-refractivity contribution in [1.82, 2.24) is 0 Å². The number of hydrogen-bond acceptors (Lipinski definition) is 1. The van der Waals surface area contributed by atoms with Gasteiger partial charge in [0.25, 0.3) is 0 Å². The molecule has 0 radical (unpaired) electrons. The van der Waals surface area contributed by atoms with E-state index in [4.69, 9.17) is 20.9 Å². The van der Waals surface area contributed by atoms with Crippen LogP contribution in [0.25, 0.3) is 98.8 Å². The van der Waals surface area contributed by atoms with Gasteiger partial charge in [-0.15, -0.1) is 0 Å². The summed E-state index contributed by atoms with van der Waals surface area (Å²) in [5.74, 6) is 0. The fourth-order valence-corrected chi connectivity index (χ4v) is 7.02. The van der Waals surface area contributed by atoms with Crippen LogP contribution in [-0.4, -0.2) is 0 Å². The second-order valence-corrected chi connectivity index (χ2v) is 11.8. The molecule has 1 nitrogen and oxygen atoms in total. The van der Waals surface area contributed by atoms with Crippen molar-refractivity contribution in [1.29, 1.82) is 0 Å². The maximum absolute atomic E-state index is 9.58. The molecule has 9 aromatic carbocycles. The van der Waals surface area contributed by atoms with E-state index in [0.29, 0.717) is 65.4 Å². The Balaban J connectivity index is 1.28. The lowest BCUT2D eigenvalue weighted by Gasteiger charge is -2.18. The van der Waals surface area contributed by atoms with Gasteiger partial charge in [-0.1, -0.05) is 157 Å². The number of benzene rings is 9. The predicted molar refractivity (Wildman–Crippen MR) is 208 cm³/mol. The van der Waals surface area contributed by atoms with Crippen molar-refractivity contribution in [2.24, 2.45) is 0 Å². The van der Waals surface area contributed by atoms with Gasteiger partial charge in [0.1, 0.15) is 11.2 Å². The maximum atomic E-state index is 9.58. The van der Waals surface area contributed by atoms with Crippen molar-refractivity contribution in [2.45, 2.75) is 0 Å². The molecule has 1 aromatic heterocycles. The molecule has 0 bridgehead atoms. The zero-order valence-electron chi connectivity index (χ0n) is 39.6. The Hall–Kier alpha value is -6.44. The van der Waals surface area contributed by atoms with Crippen LogP contribution in [0.1, 0.15) is 19.2 Å². The molecule has 0 amide bonds. The van der Waals surface area contributed by atoms with Gasteiger partial charge in [0.2, 0.25) is 0 Å². The molecule has 0 saturated carbocycles. The first-order valence-electron chi connectivity index (χ1n) is 22.7. The summed E-state index contributed by atoms with van der Waals surface area (Å²) in [5.41, 5.74) is 2.85. The van der Waals surface area contributed by atoms with E-state index in [0.717, 1.165) is 11.1 Å². The monoisotopic (exact) mass is 636 g/mol. The van der Waals surface area contributed by atoms with Crippen molar-refractivity contribution >= 4 is 54.3 Å². The molecule has 228 valence electrons. The summed E-state index contributed by atoms with van der Waals surface area (Å²) in [6, 6.07) is 22.6. The zero-order valence-corrected chi connectivity index (χ0v) is 25.6. The zero-order chi connectivity index (χ0) is 44.5. The van der Waals surface area contributed by atoms with E-state index in [1.165, 1.54) is 0 Å². The van der Waals surface area contributed by atoms with Crippen molar-refractivity contribution in [3.05, 3.63) is 182 Å². The van der Waals surface area contributed by atoms with E-state index in [9.17, 15) is 2.74 Å². The molecule has 10 rings (SSSR count). The highest BCUT2D eigenvalue weighted by Gasteiger charge is 2.19. The summed E-state index contributed by atoms with van der Waals surface area (Å²) < 4.78 is 128. The minimum absolute atomic E-state index is 0.0277. The van der Waals surface area contributed by atoms with Crippen LogP contribution < -0.4 is 0 Å². The molecular weight excluding hydrogens is 593 g/mol. The first-order valence-corrected chi connectivity index (χ1v) is 15.7. The second-order valence-electron chi connectivity index (χ2n) is 11.8. The Morgan fingerprint density at radius 3 is 1.55 bits per heavy atom. The fraction of sp³-hybridized carbons (Fsp3) is 0. The van der Waals surface area contributed by atoms with Gasteiger partial charge in [-0.3, -0.25) is 0 Å². The third-order valence-electron chi connectivity index (χ3n) is 9.09. The Kier molecular flexibility index (Phi) is 3.87. The topological polar surface area (TPSA) is 13.1 Å². The Morgan fingerprint density at radius 1 is 0.367 bits per heavy atom. The third-order valence-corrected chi connectivity index (χ3v) is 9.09. The smallest absolute Gasteiger partial charge is 0.143 e. The van der Waals surface area contributed by atoms with Crippen LogP contribution in [0.2, 0.25) is 0 Å². The summed E-state index contributed by atoms with van der Waals surface area (Å²) in [6.07, 6.45) is 0. The summed E-state index contributed by atoms with van der Waals surface area (Å²) in [7, 11) is 0. The molecule has 49 heavy (non-hydrogen) atoms. The van der Waals surface area contributed by atoms with Crippen LogP contribution in [0.15, 0.2) is 186 Å². The molecule has 0 unspecified atom stereocenters. The molecule has 1 heteroatoms. The Labute approximate surface area is 304 Å². The number of hydrogen-bond donors (Lipinski definition) is 0. The second kappa shape index (κ2) is 11.1. The van der Waals surface area contributed by atoms with E-state index >= 15 is 0 Å². The van der Waals surface area contributed by atoms with E-state index in [1.54, 1.807) is 0 Å². The van der Waals surface area contributed by atoms with Crippen molar-refractivity contribution in [2.75, 3.05) is 0 Å². The molecule has 0 fully saturated rings. The minimum Gasteiger partial charge on any atom is -0.455 e. The molecule has 0 spiro atoms. The van der Waals surface area contributed by atoms with Gasteiger partial charge in [0.15, 0.2) is 0 Å². The third kappa shape index (κ3) is 4.40. The van der Waals surface area contributed by atoms with Crippen molar-refractivity contribution in [3.63, 3.8) is 0 Å². The summed E-state index contributed by atoms with van der Waals surface area (Å²) in [6.45, 7) is 0. The number of fused-ring (bicyclic) bond motifs is 7. The highest BCUT2D eigenvalue weighted by Crippen LogP contribution is 2.46. The van der Waals surface area contributed by atoms with E-state index in [1.807, 2.05) is 97.1 Å². The maximum Gasteiger partial charge on any atom is 0.143 e. The average molecular weight is 637 g/mol. The lowest BCUT2D eigenvalue weighted by molar-refractivity contribution is 0.673. The van der Waals surface area contributed by atoms with Crippen LogP contribution >= 0.6 is 0 Å². The molecule has 0 saturated heterocycles. The van der Waals surface area contributed by atoms with E-state index < -0.39 is 72.5 Å². The molecule has 0 aliphatic heterocycles. The minimum atomic E-state index is -0.645.